The number of ether oxygens (including phenoxy) is 3. The van der Waals surface area contributed by atoms with E-state index in [9.17, 15) is 9.59 Å². The van der Waals surface area contributed by atoms with Gasteiger partial charge in [-0.25, -0.2) is 9.97 Å². The molecule has 0 spiro atoms. The first-order valence-corrected chi connectivity index (χ1v) is 12.6. The van der Waals surface area contributed by atoms with Gasteiger partial charge in [0, 0.05) is 19.3 Å². The Hall–Kier alpha value is -3.38. The summed E-state index contributed by atoms with van der Waals surface area (Å²) in [4.78, 5) is 34.8. The van der Waals surface area contributed by atoms with Crippen LogP contribution in [0.15, 0.2) is 42.9 Å². The highest BCUT2D eigenvalue weighted by atomic mass is 16.8. The molecule has 0 saturated carbocycles. The number of hydrogen-bond acceptors (Lipinski definition) is 9. The van der Waals surface area contributed by atoms with E-state index < -0.39 is 12.0 Å². The summed E-state index contributed by atoms with van der Waals surface area (Å²) in [5, 5.41) is 4.20. The van der Waals surface area contributed by atoms with Gasteiger partial charge in [-0.15, -0.1) is 0 Å². The summed E-state index contributed by atoms with van der Waals surface area (Å²) in [7, 11) is 0. The predicted octanol–water partition coefficient (Wildman–Crippen LogP) is 2.10. The standard InChI is InChI=1S/C26H30N6O5/c1-26(2)36-19-18(35-25(20(19)37-26)31-12-9-17-21(27)29-14-30-22(17)31)13-28-10-5-6-11-32-23(33)15-7-3-4-8-16(15)24(32)34/h3-4,7-9,12,14,18-20,25,28H,5-6,10-11,13H2,1-2H3,(H2,27,29,30)/t18-,19-,20-,25-/m1/s1. The molecule has 3 aliphatic heterocycles. The Morgan fingerprint density at radius 1 is 1.03 bits per heavy atom. The zero-order valence-corrected chi connectivity index (χ0v) is 20.8. The molecule has 2 saturated heterocycles. The number of rotatable bonds is 8. The van der Waals surface area contributed by atoms with Crippen molar-refractivity contribution in [1.29, 1.82) is 0 Å². The summed E-state index contributed by atoms with van der Waals surface area (Å²) in [6.07, 6.45) is 3.65. The summed E-state index contributed by atoms with van der Waals surface area (Å²) in [5.41, 5.74) is 7.67. The highest BCUT2D eigenvalue weighted by Gasteiger charge is 2.55. The molecule has 11 nitrogen and oxygen atoms in total. The van der Waals surface area contributed by atoms with Crippen molar-refractivity contribution >= 4 is 28.7 Å². The van der Waals surface area contributed by atoms with Crippen molar-refractivity contribution in [3.8, 4) is 0 Å². The SMILES string of the molecule is CC1(C)O[C@@H]2[C@H](O1)[C@@H](CNCCCCN1C(=O)c3ccccc3C1=O)O[C@H]2n1ccc2c(N)ncnc21. The maximum Gasteiger partial charge on any atom is 0.261 e. The van der Waals surface area contributed by atoms with Gasteiger partial charge in [0.25, 0.3) is 11.8 Å². The number of anilines is 1. The minimum Gasteiger partial charge on any atom is -0.383 e. The van der Waals surface area contributed by atoms with Crippen LogP contribution < -0.4 is 11.1 Å². The van der Waals surface area contributed by atoms with Crippen molar-refractivity contribution in [2.45, 2.75) is 57.0 Å². The number of nitrogens with zero attached hydrogens (tertiary/aromatic N) is 4. The summed E-state index contributed by atoms with van der Waals surface area (Å²) in [6, 6.07) is 8.84. The van der Waals surface area contributed by atoms with Gasteiger partial charge in [0.2, 0.25) is 0 Å². The summed E-state index contributed by atoms with van der Waals surface area (Å²) in [6.45, 7) is 5.49. The summed E-state index contributed by atoms with van der Waals surface area (Å²) < 4.78 is 20.8. The molecule has 1 aromatic carbocycles. The van der Waals surface area contributed by atoms with Gasteiger partial charge in [-0.05, 0) is 51.4 Å². The highest BCUT2D eigenvalue weighted by molar-refractivity contribution is 6.21. The molecule has 2 amide bonds. The van der Waals surface area contributed by atoms with Crippen LogP contribution in [0.5, 0.6) is 0 Å². The molecule has 0 aliphatic carbocycles. The molecular weight excluding hydrogens is 476 g/mol. The third-order valence-corrected chi connectivity index (χ3v) is 7.15. The molecule has 3 aromatic rings. The Morgan fingerprint density at radius 3 is 2.51 bits per heavy atom. The second-order valence-corrected chi connectivity index (χ2v) is 10.1. The molecule has 11 heteroatoms. The third kappa shape index (κ3) is 4.17. The first-order valence-electron chi connectivity index (χ1n) is 12.6. The lowest BCUT2D eigenvalue weighted by Gasteiger charge is -2.25. The van der Waals surface area contributed by atoms with E-state index in [2.05, 4.69) is 15.3 Å². The topological polar surface area (TPSA) is 134 Å². The smallest absolute Gasteiger partial charge is 0.261 e. The number of unbranched alkanes of at least 4 members (excludes halogenated alkanes) is 1. The zero-order chi connectivity index (χ0) is 25.7. The number of aromatic nitrogens is 3. The number of nitrogen functional groups attached to an aromatic ring is 1. The lowest BCUT2D eigenvalue weighted by Crippen LogP contribution is -2.38. The molecule has 6 rings (SSSR count). The fourth-order valence-corrected chi connectivity index (χ4v) is 5.45. The van der Waals surface area contributed by atoms with Crippen LogP contribution in [0.2, 0.25) is 0 Å². The largest absolute Gasteiger partial charge is 0.383 e. The molecule has 37 heavy (non-hydrogen) atoms. The molecule has 2 fully saturated rings. The van der Waals surface area contributed by atoms with E-state index in [4.69, 9.17) is 19.9 Å². The second-order valence-electron chi connectivity index (χ2n) is 10.1. The van der Waals surface area contributed by atoms with Gasteiger partial charge >= 0.3 is 0 Å². The fraction of sp³-hybridized carbons (Fsp3) is 0.462. The number of carbonyl (C=O) groups is 2. The molecule has 194 valence electrons. The van der Waals surface area contributed by atoms with E-state index in [1.807, 2.05) is 30.7 Å². The fourth-order valence-electron chi connectivity index (χ4n) is 5.45. The van der Waals surface area contributed by atoms with E-state index in [1.165, 1.54) is 11.2 Å². The molecular formula is C26H30N6O5. The van der Waals surface area contributed by atoms with Gasteiger partial charge in [-0.2, -0.15) is 0 Å². The van der Waals surface area contributed by atoms with Crippen LogP contribution in [0.4, 0.5) is 5.82 Å². The first kappa shape index (κ1) is 24.0. The maximum absolute atomic E-state index is 12.5. The van der Waals surface area contributed by atoms with Crippen molar-refractivity contribution in [1.82, 2.24) is 24.8 Å². The molecule has 3 aliphatic rings. The van der Waals surface area contributed by atoms with Gasteiger partial charge in [-0.1, -0.05) is 12.1 Å². The Morgan fingerprint density at radius 2 is 1.76 bits per heavy atom. The van der Waals surface area contributed by atoms with Crippen molar-refractivity contribution < 1.29 is 23.8 Å². The zero-order valence-electron chi connectivity index (χ0n) is 20.8. The molecule has 5 heterocycles. The van der Waals surface area contributed by atoms with Crippen molar-refractivity contribution in [2.24, 2.45) is 0 Å². The van der Waals surface area contributed by atoms with Crippen LogP contribution in [0.1, 0.15) is 53.6 Å². The third-order valence-electron chi connectivity index (χ3n) is 7.15. The Balaban J connectivity index is 1.04. The van der Waals surface area contributed by atoms with Crippen LogP contribution in [-0.4, -0.2) is 75.0 Å². The number of hydrogen-bond donors (Lipinski definition) is 2. The van der Waals surface area contributed by atoms with E-state index in [1.54, 1.807) is 24.3 Å². The quantitative estimate of drug-likeness (QED) is 0.348. The van der Waals surface area contributed by atoms with Crippen molar-refractivity contribution in [3.05, 3.63) is 54.0 Å². The van der Waals surface area contributed by atoms with Crippen LogP contribution >= 0.6 is 0 Å². The monoisotopic (exact) mass is 506 g/mol. The molecule has 0 bridgehead atoms. The molecule has 3 N–H and O–H groups in total. The normalized spacial score (nSPS) is 26.3. The van der Waals surface area contributed by atoms with Gasteiger partial charge < -0.3 is 29.8 Å². The minimum absolute atomic E-state index is 0.212. The van der Waals surface area contributed by atoms with Gasteiger partial charge in [-0.3, -0.25) is 14.5 Å². The maximum atomic E-state index is 12.5. The van der Waals surface area contributed by atoms with Gasteiger partial charge in [0.05, 0.1) is 16.5 Å². The van der Waals surface area contributed by atoms with Crippen molar-refractivity contribution in [3.63, 3.8) is 0 Å². The van der Waals surface area contributed by atoms with Crippen LogP contribution in [0.25, 0.3) is 11.0 Å². The molecule has 0 unspecified atom stereocenters. The van der Waals surface area contributed by atoms with Crippen LogP contribution in [0, 0.1) is 0 Å². The van der Waals surface area contributed by atoms with E-state index in [-0.39, 0.29) is 30.1 Å². The number of imide groups is 1. The first-order chi connectivity index (χ1) is 17.8. The average Bonchev–Trinajstić information content (AvgIpc) is 3.59. The van der Waals surface area contributed by atoms with E-state index in [0.717, 1.165) is 11.8 Å². The lowest BCUT2D eigenvalue weighted by molar-refractivity contribution is -0.195. The second kappa shape index (κ2) is 9.18. The lowest BCUT2D eigenvalue weighted by atomic mass is 10.1. The Kier molecular flexibility index (Phi) is 5.95. The molecule has 0 radical (unpaired) electrons. The number of nitrogens with two attached hydrogens (primary N) is 1. The van der Waals surface area contributed by atoms with Gasteiger partial charge in [0.1, 0.15) is 36.1 Å². The predicted molar refractivity (Wildman–Crippen MR) is 134 cm³/mol. The summed E-state index contributed by atoms with van der Waals surface area (Å²) >= 11 is 0. The number of carbonyl (C=O) groups excluding carboxylic acids is 2. The van der Waals surface area contributed by atoms with Crippen LogP contribution in [0.3, 0.4) is 0 Å². The number of benzene rings is 1. The molecule has 2 aromatic heterocycles. The van der Waals surface area contributed by atoms with Gasteiger partial charge in [0.15, 0.2) is 12.0 Å². The van der Waals surface area contributed by atoms with Crippen LogP contribution in [-0.2, 0) is 14.2 Å². The number of nitrogens with one attached hydrogen (secondary N) is 1. The Bertz CT molecular complexity index is 1320. The van der Waals surface area contributed by atoms with E-state index >= 15 is 0 Å². The Labute approximate surface area is 213 Å². The average molecular weight is 507 g/mol. The molecule has 4 atom stereocenters. The number of fused-ring (bicyclic) bond motifs is 3. The highest BCUT2D eigenvalue weighted by Crippen LogP contribution is 2.43. The van der Waals surface area contributed by atoms with Crippen molar-refractivity contribution in [2.75, 3.05) is 25.4 Å². The minimum atomic E-state index is -0.723. The number of amides is 2. The summed E-state index contributed by atoms with van der Waals surface area (Å²) in [5.74, 6) is -0.730. The van der Waals surface area contributed by atoms with E-state index in [0.29, 0.717) is 48.6 Å².